The van der Waals surface area contributed by atoms with Crippen LogP contribution in [0.25, 0.3) is 0 Å². The molecule has 0 amide bonds. The van der Waals surface area contributed by atoms with Gasteiger partial charge in [0.1, 0.15) is 0 Å². The van der Waals surface area contributed by atoms with Gasteiger partial charge in [-0.25, -0.2) is 0 Å². The van der Waals surface area contributed by atoms with Gasteiger partial charge in [0.15, 0.2) is 0 Å². The van der Waals surface area contributed by atoms with E-state index in [1.807, 2.05) is 0 Å². The number of hydrogen-bond donors (Lipinski definition) is 0. The van der Waals surface area contributed by atoms with Gasteiger partial charge in [0.05, 0.1) is 13.0 Å². The van der Waals surface area contributed by atoms with Crippen LogP contribution in [0.15, 0.2) is 0 Å². The van der Waals surface area contributed by atoms with Gasteiger partial charge >= 0.3 is 5.97 Å². The summed E-state index contributed by atoms with van der Waals surface area (Å²) in [6, 6.07) is 0. The fourth-order valence-electron chi connectivity index (χ4n) is 8.65. The van der Waals surface area contributed by atoms with Gasteiger partial charge in [0.25, 0.3) is 0 Å². The lowest BCUT2D eigenvalue weighted by molar-refractivity contribution is -0.150. The maximum absolute atomic E-state index is 12.4. The molecule has 9 unspecified atom stereocenters. The van der Waals surface area contributed by atoms with Crippen molar-refractivity contribution < 1.29 is 9.53 Å². The lowest BCUT2D eigenvalue weighted by Gasteiger charge is -2.54. The molecular weight excluding hydrogens is 320 g/mol. The zero-order valence-corrected chi connectivity index (χ0v) is 18.0. The number of rotatable bonds is 5. The molecule has 0 aromatic carbocycles. The van der Waals surface area contributed by atoms with E-state index in [2.05, 4.69) is 41.5 Å². The average molecular weight is 361 g/mol. The van der Waals surface area contributed by atoms with Crippen LogP contribution in [0.3, 0.4) is 0 Å². The molecule has 2 heteroatoms. The van der Waals surface area contributed by atoms with E-state index in [0.717, 1.165) is 47.8 Å². The standard InChI is InChI=1S/C24H40O2/c1-8-23(3,4)20-16-12-17(21(20)24(5,6)9-2)19-14-10-13(18(16)19)11-15(14)22(25)26-7/h13-21H,8-12H2,1-7H3. The van der Waals surface area contributed by atoms with E-state index in [-0.39, 0.29) is 11.9 Å². The zero-order chi connectivity index (χ0) is 19.0. The first-order valence-electron chi connectivity index (χ1n) is 11.3. The smallest absolute Gasteiger partial charge is 0.308 e. The Morgan fingerprint density at radius 1 is 0.846 bits per heavy atom. The van der Waals surface area contributed by atoms with Crippen molar-refractivity contribution >= 4 is 5.97 Å². The van der Waals surface area contributed by atoms with Crippen LogP contribution in [-0.4, -0.2) is 13.1 Å². The number of esters is 1. The molecule has 26 heavy (non-hydrogen) atoms. The van der Waals surface area contributed by atoms with E-state index in [4.69, 9.17) is 4.74 Å². The fourth-order valence-corrected chi connectivity index (χ4v) is 8.65. The summed E-state index contributed by atoms with van der Waals surface area (Å²) < 4.78 is 5.18. The molecule has 148 valence electrons. The maximum atomic E-state index is 12.4. The predicted octanol–water partition coefficient (Wildman–Crippen LogP) is 5.80. The van der Waals surface area contributed by atoms with Gasteiger partial charge in [-0.1, -0.05) is 54.4 Å². The third kappa shape index (κ3) is 2.32. The molecule has 4 bridgehead atoms. The SMILES string of the molecule is CCC(C)(C)C1C2CC(C3C4CC(CC4C(=O)OC)C23)C1C(C)(C)CC. The quantitative estimate of drug-likeness (QED) is 0.457. The van der Waals surface area contributed by atoms with Crippen molar-refractivity contribution in [2.45, 2.75) is 73.6 Å². The third-order valence-electron chi connectivity index (χ3n) is 10.1. The van der Waals surface area contributed by atoms with Gasteiger partial charge in [0.2, 0.25) is 0 Å². The van der Waals surface area contributed by atoms with E-state index in [1.165, 1.54) is 25.7 Å². The Labute approximate surface area is 160 Å². The van der Waals surface area contributed by atoms with Crippen LogP contribution in [0.4, 0.5) is 0 Å². The van der Waals surface area contributed by atoms with Crippen LogP contribution in [0, 0.1) is 64.1 Å². The number of ether oxygens (including phenoxy) is 1. The second kappa shape index (κ2) is 5.98. The van der Waals surface area contributed by atoms with Crippen molar-refractivity contribution in [1.29, 1.82) is 0 Å². The molecule has 0 radical (unpaired) electrons. The Balaban J connectivity index is 1.70. The third-order valence-corrected chi connectivity index (χ3v) is 10.1. The average Bonchev–Trinajstić information content (AvgIpc) is 3.36. The maximum Gasteiger partial charge on any atom is 0.308 e. The molecular formula is C24H40O2. The molecule has 4 aliphatic rings. The molecule has 9 atom stereocenters. The number of carbonyl (C=O) groups excluding carboxylic acids is 1. The second-order valence-corrected chi connectivity index (χ2v) is 11.5. The van der Waals surface area contributed by atoms with Crippen LogP contribution in [-0.2, 0) is 9.53 Å². The molecule has 0 spiro atoms. The summed E-state index contributed by atoms with van der Waals surface area (Å²) in [5.41, 5.74) is 0.842. The Morgan fingerprint density at radius 3 is 1.88 bits per heavy atom. The normalized spacial score (nSPS) is 46.7. The highest BCUT2D eigenvalue weighted by Gasteiger charge is 2.71. The summed E-state index contributed by atoms with van der Waals surface area (Å²) in [5.74, 6) is 6.86. The Hall–Kier alpha value is -0.530. The van der Waals surface area contributed by atoms with Crippen LogP contribution >= 0.6 is 0 Å². The molecule has 0 N–H and O–H groups in total. The first-order valence-corrected chi connectivity index (χ1v) is 11.3. The van der Waals surface area contributed by atoms with Gasteiger partial charge in [-0.15, -0.1) is 0 Å². The topological polar surface area (TPSA) is 26.3 Å². The van der Waals surface area contributed by atoms with E-state index < -0.39 is 0 Å². The van der Waals surface area contributed by atoms with Gasteiger partial charge < -0.3 is 4.74 Å². The number of carbonyl (C=O) groups is 1. The van der Waals surface area contributed by atoms with Crippen molar-refractivity contribution in [1.82, 2.24) is 0 Å². The summed E-state index contributed by atoms with van der Waals surface area (Å²) in [5, 5.41) is 0. The summed E-state index contributed by atoms with van der Waals surface area (Å²) in [6.45, 7) is 14.9. The Morgan fingerprint density at radius 2 is 1.38 bits per heavy atom. The lowest BCUT2D eigenvalue weighted by atomic mass is 9.50. The van der Waals surface area contributed by atoms with Crippen LogP contribution in [0.2, 0.25) is 0 Å². The predicted molar refractivity (Wildman–Crippen MR) is 105 cm³/mol. The summed E-state index contributed by atoms with van der Waals surface area (Å²) in [7, 11) is 1.58. The number of hydrogen-bond acceptors (Lipinski definition) is 2. The first-order chi connectivity index (χ1) is 12.2. The first kappa shape index (κ1) is 18.8. The molecule has 4 rings (SSSR count). The van der Waals surface area contributed by atoms with Crippen molar-refractivity contribution in [2.24, 2.45) is 64.1 Å². The highest BCUT2D eigenvalue weighted by molar-refractivity contribution is 5.73. The molecule has 4 fully saturated rings. The minimum absolute atomic E-state index is 0.0791. The molecule has 0 saturated heterocycles. The van der Waals surface area contributed by atoms with Crippen molar-refractivity contribution in [3.8, 4) is 0 Å². The highest BCUT2D eigenvalue weighted by atomic mass is 16.5. The summed E-state index contributed by atoms with van der Waals surface area (Å²) in [4.78, 5) is 12.4. The molecule has 0 heterocycles. The lowest BCUT2D eigenvalue weighted by Crippen LogP contribution is -2.50. The van der Waals surface area contributed by atoms with Crippen molar-refractivity contribution in [3.05, 3.63) is 0 Å². The van der Waals surface area contributed by atoms with E-state index in [9.17, 15) is 4.79 Å². The van der Waals surface area contributed by atoms with Crippen LogP contribution in [0.1, 0.15) is 73.6 Å². The monoisotopic (exact) mass is 360 g/mol. The van der Waals surface area contributed by atoms with Crippen LogP contribution < -0.4 is 0 Å². The Bertz CT molecular complexity index is 577. The summed E-state index contributed by atoms with van der Waals surface area (Å²) in [6.07, 6.45) is 6.42. The van der Waals surface area contributed by atoms with E-state index in [0.29, 0.717) is 16.7 Å². The molecule has 0 aliphatic heterocycles. The van der Waals surface area contributed by atoms with Gasteiger partial charge in [-0.3, -0.25) is 4.79 Å². The summed E-state index contributed by atoms with van der Waals surface area (Å²) >= 11 is 0. The molecule has 4 aliphatic carbocycles. The van der Waals surface area contributed by atoms with Crippen LogP contribution in [0.5, 0.6) is 0 Å². The minimum Gasteiger partial charge on any atom is -0.469 e. The van der Waals surface area contributed by atoms with E-state index >= 15 is 0 Å². The number of methoxy groups -OCH3 is 1. The molecule has 2 nitrogen and oxygen atoms in total. The molecule has 4 saturated carbocycles. The minimum atomic E-state index is 0.0791. The molecule has 0 aromatic rings. The Kier molecular flexibility index (Phi) is 4.33. The fraction of sp³-hybridized carbons (Fsp3) is 0.958. The largest absolute Gasteiger partial charge is 0.469 e. The van der Waals surface area contributed by atoms with E-state index in [1.54, 1.807) is 7.11 Å². The van der Waals surface area contributed by atoms with Gasteiger partial charge in [-0.2, -0.15) is 0 Å². The van der Waals surface area contributed by atoms with Gasteiger partial charge in [-0.05, 0) is 77.4 Å². The van der Waals surface area contributed by atoms with Crippen molar-refractivity contribution in [2.75, 3.05) is 7.11 Å². The highest BCUT2D eigenvalue weighted by Crippen LogP contribution is 2.75. The zero-order valence-electron chi connectivity index (χ0n) is 18.0. The molecule has 0 aromatic heterocycles. The second-order valence-electron chi connectivity index (χ2n) is 11.5. The number of fused-ring (bicyclic) bond motifs is 9. The van der Waals surface area contributed by atoms with Crippen molar-refractivity contribution in [3.63, 3.8) is 0 Å². The van der Waals surface area contributed by atoms with Gasteiger partial charge in [0, 0.05) is 0 Å².